The first kappa shape index (κ1) is 14.3. The van der Waals surface area contributed by atoms with E-state index < -0.39 is 0 Å². The van der Waals surface area contributed by atoms with Gasteiger partial charge in [0.25, 0.3) is 0 Å². The number of halogens is 1. The van der Waals surface area contributed by atoms with Gasteiger partial charge in [-0.3, -0.25) is 0 Å². The van der Waals surface area contributed by atoms with Crippen molar-refractivity contribution < 1.29 is 0 Å². The van der Waals surface area contributed by atoms with E-state index in [0.29, 0.717) is 12.0 Å². The highest BCUT2D eigenvalue weighted by molar-refractivity contribution is 9.10. The number of fused-ring (bicyclic) bond motifs is 3. The minimum atomic E-state index is 0.654. The van der Waals surface area contributed by atoms with Crippen molar-refractivity contribution in [2.75, 3.05) is 11.4 Å². The molecule has 114 valence electrons. The van der Waals surface area contributed by atoms with Crippen LogP contribution in [0.25, 0.3) is 0 Å². The summed E-state index contributed by atoms with van der Waals surface area (Å²) >= 11 is 3.82. The van der Waals surface area contributed by atoms with Gasteiger partial charge in [-0.05, 0) is 61.4 Å². The molecule has 0 aromatic heterocycles. The van der Waals surface area contributed by atoms with Gasteiger partial charge in [0.05, 0.1) is 0 Å². The molecule has 0 N–H and O–H groups in total. The number of aryl methyl sites for hydroxylation is 2. The molecule has 0 bridgehead atoms. The molecular formula is C20H22BrN. The Morgan fingerprint density at radius 1 is 1.05 bits per heavy atom. The normalized spacial score (nSPS) is 23.8. The van der Waals surface area contributed by atoms with Crippen molar-refractivity contribution in [1.29, 1.82) is 0 Å². The summed E-state index contributed by atoms with van der Waals surface area (Å²) in [5, 5.41) is 0. The van der Waals surface area contributed by atoms with Crippen LogP contribution in [0.3, 0.4) is 0 Å². The number of rotatable bonds is 1. The van der Waals surface area contributed by atoms with Crippen LogP contribution in [0.1, 0.15) is 41.9 Å². The molecule has 1 aliphatic carbocycles. The van der Waals surface area contributed by atoms with Crippen LogP contribution in [0.15, 0.2) is 46.9 Å². The maximum Gasteiger partial charge on any atom is 0.0398 e. The smallest absolute Gasteiger partial charge is 0.0398 e. The first-order valence-electron chi connectivity index (χ1n) is 8.35. The summed E-state index contributed by atoms with van der Waals surface area (Å²) in [4.78, 5) is 2.69. The topological polar surface area (TPSA) is 3.24 Å². The first-order valence-corrected chi connectivity index (χ1v) is 9.14. The Morgan fingerprint density at radius 2 is 1.91 bits per heavy atom. The average molecular weight is 356 g/mol. The van der Waals surface area contributed by atoms with Crippen molar-refractivity contribution in [2.45, 2.75) is 44.6 Å². The third kappa shape index (κ3) is 2.28. The van der Waals surface area contributed by atoms with Gasteiger partial charge >= 0.3 is 0 Å². The molecule has 2 atom stereocenters. The molecule has 0 radical (unpaired) electrons. The van der Waals surface area contributed by atoms with E-state index in [4.69, 9.17) is 0 Å². The van der Waals surface area contributed by atoms with E-state index in [9.17, 15) is 0 Å². The van der Waals surface area contributed by atoms with E-state index in [0.717, 1.165) is 0 Å². The molecule has 2 heteroatoms. The molecule has 1 saturated heterocycles. The number of piperidine rings is 1. The van der Waals surface area contributed by atoms with Gasteiger partial charge in [0.2, 0.25) is 0 Å². The molecule has 2 aromatic carbocycles. The number of benzene rings is 2. The van der Waals surface area contributed by atoms with E-state index in [-0.39, 0.29) is 0 Å². The Labute approximate surface area is 141 Å². The molecule has 22 heavy (non-hydrogen) atoms. The third-order valence-corrected chi connectivity index (χ3v) is 6.12. The molecule has 4 rings (SSSR count). The molecule has 0 saturated carbocycles. The van der Waals surface area contributed by atoms with E-state index in [1.54, 1.807) is 11.1 Å². The Balaban J connectivity index is 1.75. The lowest BCUT2D eigenvalue weighted by molar-refractivity contribution is 0.364. The van der Waals surface area contributed by atoms with Crippen LogP contribution in [0.4, 0.5) is 5.69 Å². The number of nitrogens with zero attached hydrogens (tertiary/aromatic N) is 1. The number of para-hydroxylation sites is 1. The summed E-state index contributed by atoms with van der Waals surface area (Å²) in [6, 6.07) is 16.2. The van der Waals surface area contributed by atoms with Crippen LogP contribution in [0.2, 0.25) is 0 Å². The van der Waals surface area contributed by atoms with Gasteiger partial charge in [-0.15, -0.1) is 0 Å². The van der Waals surface area contributed by atoms with Gasteiger partial charge in [-0.2, -0.15) is 0 Å². The van der Waals surface area contributed by atoms with Crippen LogP contribution >= 0.6 is 15.9 Å². The molecule has 1 nitrogen and oxygen atoms in total. The second-order valence-corrected chi connectivity index (χ2v) is 7.50. The highest BCUT2D eigenvalue weighted by Crippen LogP contribution is 2.45. The van der Waals surface area contributed by atoms with E-state index in [2.05, 4.69) is 70.2 Å². The van der Waals surface area contributed by atoms with Crippen molar-refractivity contribution >= 4 is 21.6 Å². The predicted molar refractivity (Wildman–Crippen MR) is 96.8 cm³/mol. The lowest BCUT2D eigenvalue weighted by Crippen LogP contribution is -2.47. The van der Waals surface area contributed by atoms with E-state index in [1.165, 1.54) is 48.0 Å². The Morgan fingerprint density at radius 3 is 2.77 bits per heavy atom. The van der Waals surface area contributed by atoms with Gasteiger partial charge in [0, 0.05) is 28.7 Å². The molecule has 2 aromatic rings. The quantitative estimate of drug-likeness (QED) is 0.656. The van der Waals surface area contributed by atoms with Crippen molar-refractivity contribution in [3.05, 3.63) is 63.6 Å². The zero-order chi connectivity index (χ0) is 15.1. The lowest BCUT2D eigenvalue weighted by atomic mass is 9.74. The average Bonchev–Trinajstić information content (AvgIpc) is 2.55. The zero-order valence-electron chi connectivity index (χ0n) is 13.1. The number of hydrogen-bond donors (Lipinski definition) is 0. The lowest BCUT2D eigenvalue weighted by Gasteiger charge is -2.47. The Bertz CT molecular complexity index is 694. The molecule has 2 aliphatic rings. The van der Waals surface area contributed by atoms with Gasteiger partial charge in [-0.25, -0.2) is 0 Å². The molecule has 0 spiro atoms. The van der Waals surface area contributed by atoms with Gasteiger partial charge in [-0.1, -0.05) is 46.3 Å². The summed E-state index contributed by atoms with van der Waals surface area (Å²) in [5.41, 5.74) is 5.98. The Kier molecular flexibility index (Phi) is 3.73. The maximum atomic E-state index is 3.82. The fraction of sp³-hybridized carbons (Fsp3) is 0.400. The summed E-state index contributed by atoms with van der Waals surface area (Å²) in [6.07, 6.45) is 5.10. The molecule has 0 unspecified atom stereocenters. The van der Waals surface area contributed by atoms with Crippen LogP contribution in [-0.4, -0.2) is 12.6 Å². The predicted octanol–water partition coefficient (Wildman–Crippen LogP) is 5.46. The minimum Gasteiger partial charge on any atom is -0.368 e. The fourth-order valence-electron chi connectivity index (χ4n) is 4.45. The zero-order valence-corrected chi connectivity index (χ0v) is 14.6. The summed E-state index contributed by atoms with van der Waals surface area (Å²) in [5.74, 6) is 0.674. The molecular weight excluding hydrogens is 334 g/mol. The largest absolute Gasteiger partial charge is 0.368 e. The second-order valence-electron chi connectivity index (χ2n) is 6.65. The molecule has 0 amide bonds. The SMILES string of the molecule is Cc1ccccc1N1CCC[C@H]2c3c(Br)cccc3CC[C@@H]21. The van der Waals surface area contributed by atoms with Gasteiger partial charge in [0.1, 0.15) is 0 Å². The first-order chi connectivity index (χ1) is 10.8. The minimum absolute atomic E-state index is 0.654. The summed E-state index contributed by atoms with van der Waals surface area (Å²) in [6.45, 7) is 3.44. The second kappa shape index (κ2) is 5.73. The van der Waals surface area contributed by atoms with Gasteiger partial charge in [0.15, 0.2) is 0 Å². The fourth-order valence-corrected chi connectivity index (χ4v) is 5.16. The maximum absolute atomic E-state index is 3.82. The van der Waals surface area contributed by atoms with E-state index in [1.807, 2.05) is 0 Å². The summed E-state index contributed by atoms with van der Waals surface area (Å²) < 4.78 is 1.31. The summed E-state index contributed by atoms with van der Waals surface area (Å²) in [7, 11) is 0. The van der Waals surface area contributed by atoms with Crippen molar-refractivity contribution in [2.24, 2.45) is 0 Å². The molecule has 1 fully saturated rings. The number of anilines is 1. The van der Waals surface area contributed by atoms with Crippen LogP contribution in [0, 0.1) is 6.92 Å². The molecule has 1 heterocycles. The Hall–Kier alpha value is -1.28. The van der Waals surface area contributed by atoms with Crippen LogP contribution in [0.5, 0.6) is 0 Å². The van der Waals surface area contributed by atoms with Crippen molar-refractivity contribution in [3.8, 4) is 0 Å². The highest BCUT2D eigenvalue weighted by Gasteiger charge is 2.37. The third-order valence-electron chi connectivity index (χ3n) is 5.43. The van der Waals surface area contributed by atoms with Crippen molar-refractivity contribution in [1.82, 2.24) is 0 Å². The standard InChI is InChI=1S/C20H22BrN/c1-14-6-2-3-10-18(14)22-13-5-8-16-19(22)12-11-15-7-4-9-17(21)20(15)16/h2-4,6-7,9-10,16,19H,5,8,11-13H2,1H3/t16-,19+/m1/s1. The highest BCUT2D eigenvalue weighted by atomic mass is 79.9. The molecule has 1 aliphatic heterocycles. The number of hydrogen-bond acceptors (Lipinski definition) is 1. The van der Waals surface area contributed by atoms with Crippen molar-refractivity contribution in [3.63, 3.8) is 0 Å². The van der Waals surface area contributed by atoms with Crippen LogP contribution < -0.4 is 4.90 Å². The van der Waals surface area contributed by atoms with Gasteiger partial charge < -0.3 is 4.90 Å². The monoisotopic (exact) mass is 355 g/mol. The van der Waals surface area contributed by atoms with Crippen LogP contribution in [-0.2, 0) is 6.42 Å². The van der Waals surface area contributed by atoms with E-state index >= 15 is 0 Å².